The molecule has 0 saturated carbocycles. The van der Waals surface area contributed by atoms with E-state index in [0.29, 0.717) is 0 Å². The zero-order valence-corrected chi connectivity index (χ0v) is 13.3. The van der Waals surface area contributed by atoms with Crippen LogP contribution >= 0.6 is 0 Å². The maximum absolute atomic E-state index is 10.2. The van der Waals surface area contributed by atoms with Crippen molar-refractivity contribution < 1.29 is 5.11 Å². The van der Waals surface area contributed by atoms with E-state index in [-0.39, 0.29) is 11.2 Å². The van der Waals surface area contributed by atoms with Gasteiger partial charge < -0.3 is 5.11 Å². The Labute approximate surface area is 131 Å². The SMILES string of the molecule is CC(C)(C)Cc1ccc(O)c(-c2cc3ccccc3cn2)c1. The average Bonchev–Trinajstić information content (AvgIpc) is 2.47. The smallest absolute Gasteiger partial charge is 0.124 e. The van der Waals surface area contributed by atoms with Crippen molar-refractivity contribution in [1.82, 2.24) is 4.98 Å². The zero-order valence-electron chi connectivity index (χ0n) is 13.3. The Kier molecular flexibility index (Phi) is 3.61. The third-order valence-corrected chi connectivity index (χ3v) is 3.70. The van der Waals surface area contributed by atoms with Crippen molar-refractivity contribution in [3.63, 3.8) is 0 Å². The second-order valence-corrected chi connectivity index (χ2v) is 7.01. The molecule has 3 rings (SSSR count). The maximum Gasteiger partial charge on any atom is 0.124 e. The molecule has 2 nitrogen and oxygen atoms in total. The number of hydrogen-bond acceptors (Lipinski definition) is 2. The van der Waals surface area contributed by atoms with E-state index in [1.54, 1.807) is 6.07 Å². The first-order chi connectivity index (χ1) is 10.4. The largest absolute Gasteiger partial charge is 0.507 e. The summed E-state index contributed by atoms with van der Waals surface area (Å²) >= 11 is 0. The molecule has 1 N–H and O–H groups in total. The van der Waals surface area contributed by atoms with Gasteiger partial charge in [0.05, 0.1) is 5.69 Å². The lowest BCUT2D eigenvalue weighted by Gasteiger charge is -2.19. The monoisotopic (exact) mass is 291 g/mol. The van der Waals surface area contributed by atoms with Crippen molar-refractivity contribution in [2.45, 2.75) is 27.2 Å². The number of phenols is 1. The van der Waals surface area contributed by atoms with Gasteiger partial charge in [-0.2, -0.15) is 0 Å². The number of fused-ring (bicyclic) bond motifs is 1. The van der Waals surface area contributed by atoms with E-state index in [1.165, 1.54) is 5.56 Å². The Morgan fingerprint density at radius 3 is 2.41 bits per heavy atom. The number of pyridine rings is 1. The number of nitrogens with zero attached hydrogens (tertiary/aromatic N) is 1. The lowest BCUT2D eigenvalue weighted by Crippen LogP contribution is -2.09. The Morgan fingerprint density at radius 2 is 1.68 bits per heavy atom. The summed E-state index contributed by atoms with van der Waals surface area (Å²) in [4.78, 5) is 4.52. The molecule has 0 aliphatic heterocycles. The Balaban J connectivity index is 2.07. The minimum Gasteiger partial charge on any atom is -0.507 e. The van der Waals surface area contributed by atoms with Gasteiger partial charge in [-0.1, -0.05) is 51.1 Å². The van der Waals surface area contributed by atoms with Crippen LogP contribution < -0.4 is 0 Å². The van der Waals surface area contributed by atoms with Crippen LogP contribution in [-0.2, 0) is 6.42 Å². The summed E-state index contributed by atoms with van der Waals surface area (Å²) in [5, 5.41) is 12.5. The lowest BCUT2D eigenvalue weighted by molar-refractivity contribution is 0.410. The molecule has 0 aliphatic rings. The van der Waals surface area contributed by atoms with Gasteiger partial charge in [0, 0.05) is 17.1 Å². The predicted molar refractivity (Wildman–Crippen MR) is 92.0 cm³/mol. The minimum absolute atomic E-state index is 0.213. The Hall–Kier alpha value is -2.35. The van der Waals surface area contributed by atoms with Crippen molar-refractivity contribution in [2.24, 2.45) is 5.41 Å². The second-order valence-electron chi connectivity index (χ2n) is 7.01. The van der Waals surface area contributed by atoms with Crippen LogP contribution in [0.25, 0.3) is 22.0 Å². The molecule has 112 valence electrons. The molecule has 22 heavy (non-hydrogen) atoms. The molecule has 0 saturated heterocycles. The van der Waals surface area contributed by atoms with Gasteiger partial charge in [0.1, 0.15) is 5.75 Å². The van der Waals surface area contributed by atoms with Crippen LogP contribution in [0.15, 0.2) is 54.7 Å². The van der Waals surface area contributed by atoms with Gasteiger partial charge in [0.2, 0.25) is 0 Å². The summed E-state index contributed by atoms with van der Waals surface area (Å²) in [5.41, 5.74) is 3.04. The third-order valence-electron chi connectivity index (χ3n) is 3.70. The summed E-state index contributed by atoms with van der Waals surface area (Å²) < 4.78 is 0. The molecule has 0 amide bonds. The van der Waals surface area contributed by atoms with Gasteiger partial charge >= 0.3 is 0 Å². The van der Waals surface area contributed by atoms with Gasteiger partial charge in [-0.3, -0.25) is 4.98 Å². The molecule has 0 spiro atoms. The Bertz CT molecular complexity index is 815. The number of benzene rings is 2. The number of rotatable bonds is 2. The van der Waals surface area contributed by atoms with E-state index in [1.807, 2.05) is 36.5 Å². The fourth-order valence-electron chi connectivity index (χ4n) is 2.74. The molecule has 2 aromatic carbocycles. The van der Waals surface area contributed by atoms with Gasteiger partial charge in [-0.15, -0.1) is 0 Å². The molecule has 2 heteroatoms. The summed E-state index contributed by atoms with van der Waals surface area (Å²) in [7, 11) is 0. The van der Waals surface area contributed by atoms with Crippen LogP contribution in [0.3, 0.4) is 0 Å². The minimum atomic E-state index is 0.213. The molecule has 0 atom stereocenters. The van der Waals surface area contributed by atoms with E-state index in [9.17, 15) is 5.11 Å². The van der Waals surface area contributed by atoms with Crippen LogP contribution in [-0.4, -0.2) is 10.1 Å². The molecule has 3 aromatic rings. The molecule has 0 bridgehead atoms. The second kappa shape index (κ2) is 5.45. The first-order valence-corrected chi connectivity index (χ1v) is 7.59. The normalized spacial score (nSPS) is 11.8. The van der Waals surface area contributed by atoms with Crippen molar-refractivity contribution in [1.29, 1.82) is 0 Å². The predicted octanol–water partition coefficient (Wildman–Crippen LogP) is 5.20. The first kappa shape index (κ1) is 14.6. The van der Waals surface area contributed by atoms with E-state index in [0.717, 1.165) is 28.5 Å². The standard InChI is InChI=1S/C20H21NO/c1-20(2,3)12-14-8-9-19(22)17(10-14)18-11-15-6-4-5-7-16(15)13-21-18/h4-11,13,22H,12H2,1-3H3. The van der Waals surface area contributed by atoms with E-state index >= 15 is 0 Å². The highest BCUT2D eigenvalue weighted by Crippen LogP contribution is 2.32. The molecule has 1 aromatic heterocycles. The van der Waals surface area contributed by atoms with Crippen molar-refractivity contribution in [3.05, 3.63) is 60.3 Å². The van der Waals surface area contributed by atoms with Gasteiger partial charge in [0.25, 0.3) is 0 Å². The van der Waals surface area contributed by atoms with Crippen LogP contribution in [0.2, 0.25) is 0 Å². The van der Waals surface area contributed by atoms with Gasteiger partial charge in [-0.05, 0) is 41.0 Å². The fraction of sp³-hybridized carbons (Fsp3) is 0.250. The number of aromatic nitrogens is 1. The zero-order chi connectivity index (χ0) is 15.7. The summed E-state index contributed by atoms with van der Waals surface area (Å²) in [5.74, 6) is 0.278. The van der Waals surface area contributed by atoms with E-state index < -0.39 is 0 Å². The molecule has 0 fully saturated rings. The third kappa shape index (κ3) is 3.11. The lowest BCUT2D eigenvalue weighted by atomic mass is 9.87. The summed E-state index contributed by atoms with van der Waals surface area (Å²) in [6.07, 6.45) is 2.83. The van der Waals surface area contributed by atoms with Crippen molar-refractivity contribution >= 4 is 10.8 Å². The molecular formula is C20H21NO. The van der Waals surface area contributed by atoms with Gasteiger partial charge in [0.15, 0.2) is 0 Å². The van der Waals surface area contributed by atoms with Crippen LogP contribution in [0, 0.1) is 5.41 Å². The number of hydrogen-bond donors (Lipinski definition) is 1. The molecule has 0 radical (unpaired) electrons. The highest BCUT2D eigenvalue weighted by atomic mass is 16.3. The van der Waals surface area contributed by atoms with Crippen LogP contribution in [0.1, 0.15) is 26.3 Å². The first-order valence-electron chi connectivity index (χ1n) is 7.59. The molecule has 0 unspecified atom stereocenters. The summed E-state index contributed by atoms with van der Waals surface area (Å²) in [6.45, 7) is 6.65. The highest BCUT2D eigenvalue weighted by Gasteiger charge is 2.14. The van der Waals surface area contributed by atoms with E-state index in [2.05, 4.69) is 37.9 Å². The average molecular weight is 291 g/mol. The molecular weight excluding hydrogens is 270 g/mol. The van der Waals surface area contributed by atoms with E-state index in [4.69, 9.17) is 0 Å². The Morgan fingerprint density at radius 1 is 0.955 bits per heavy atom. The van der Waals surface area contributed by atoms with Gasteiger partial charge in [-0.25, -0.2) is 0 Å². The fourth-order valence-corrected chi connectivity index (χ4v) is 2.74. The molecule has 1 heterocycles. The molecule has 0 aliphatic carbocycles. The highest BCUT2D eigenvalue weighted by molar-refractivity contribution is 5.86. The van der Waals surface area contributed by atoms with Crippen molar-refractivity contribution in [2.75, 3.05) is 0 Å². The quantitative estimate of drug-likeness (QED) is 0.704. The topological polar surface area (TPSA) is 33.1 Å². The van der Waals surface area contributed by atoms with Crippen LogP contribution in [0.5, 0.6) is 5.75 Å². The summed E-state index contributed by atoms with van der Waals surface area (Å²) in [6, 6.07) is 16.0. The maximum atomic E-state index is 10.2. The number of phenolic OH excluding ortho intramolecular Hbond substituents is 1. The van der Waals surface area contributed by atoms with Crippen LogP contribution in [0.4, 0.5) is 0 Å². The number of aromatic hydroxyl groups is 1. The van der Waals surface area contributed by atoms with Crippen molar-refractivity contribution in [3.8, 4) is 17.0 Å².